The van der Waals surface area contributed by atoms with E-state index in [0.29, 0.717) is 12.6 Å². The Kier molecular flexibility index (Phi) is 4.27. The molecule has 1 fully saturated rings. The lowest BCUT2D eigenvalue weighted by molar-refractivity contribution is -0.132. The van der Waals surface area contributed by atoms with Crippen LogP contribution in [0.2, 0.25) is 0 Å². The van der Waals surface area contributed by atoms with Crippen LogP contribution in [-0.4, -0.2) is 51.0 Å². The van der Waals surface area contributed by atoms with Crippen LogP contribution in [0.15, 0.2) is 29.8 Å². The van der Waals surface area contributed by atoms with Crippen molar-refractivity contribution >= 4 is 28.3 Å². The summed E-state index contributed by atoms with van der Waals surface area (Å²) in [6.07, 6.45) is 0. The number of para-hydroxylation sites is 2. The Morgan fingerprint density at radius 1 is 1.40 bits per heavy atom. The highest BCUT2D eigenvalue weighted by Crippen LogP contribution is 2.30. The maximum atomic E-state index is 12.9. The number of imidazole rings is 1. The van der Waals surface area contributed by atoms with Gasteiger partial charge in [-0.15, -0.1) is 11.3 Å². The Bertz CT molecular complexity index is 915. The maximum absolute atomic E-state index is 12.9. The molecule has 0 bridgehead atoms. The molecule has 1 N–H and O–H groups in total. The Hall–Kier alpha value is -2.25. The smallest absolute Gasteiger partial charge is 0.242 e. The van der Waals surface area contributed by atoms with Crippen molar-refractivity contribution in [2.24, 2.45) is 0 Å². The van der Waals surface area contributed by atoms with Crippen LogP contribution >= 0.6 is 11.3 Å². The number of carbonyl (C=O) groups excluding carboxylic acids is 1. The van der Waals surface area contributed by atoms with Gasteiger partial charge in [0.1, 0.15) is 6.54 Å². The van der Waals surface area contributed by atoms with Crippen LogP contribution in [0, 0.1) is 6.92 Å². The Morgan fingerprint density at radius 2 is 2.24 bits per heavy atom. The van der Waals surface area contributed by atoms with E-state index in [1.807, 2.05) is 46.2 Å². The molecular weight excluding hydrogens is 334 g/mol. The van der Waals surface area contributed by atoms with Crippen LogP contribution in [0.1, 0.15) is 12.6 Å². The highest BCUT2D eigenvalue weighted by atomic mass is 32.1. The lowest BCUT2D eigenvalue weighted by atomic mass is 10.2. The SMILES string of the molecule is Cc1ncsc1-c1nc2ccccc2n1CC(=O)N1CCN[C@@H](C)C1. The molecule has 1 amide bonds. The molecule has 0 spiro atoms. The van der Waals surface area contributed by atoms with Gasteiger partial charge in [0.05, 0.1) is 27.1 Å². The number of fused-ring (bicyclic) bond motifs is 1. The van der Waals surface area contributed by atoms with Gasteiger partial charge in [-0.05, 0) is 26.0 Å². The second-order valence-corrected chi connectivity index (χ2v) is 7.33. The van der Waals surface area contributed by atoms with E-state index < -0.39 is 0 Å². The molecule has 1 aliphatic rings. The fraction of sp³-hybridized carbons (Fsp3) is 0.389. The molecule has 4 rings (SSSR count). The van der Waals surface area contributed by atoms with Gasteiger partial charge in [-0.3, -0.25) is 4.79 Å². The van der Waals surface area contributed by atoms with Crippen molar-refractivity contribution in [3.63, 3.8) is 0 Å². The van der Waals surface area contributed by atoms with E-state index >= 15 is 0 Å². The Labute approximate surface area is 150 Å². The largest absolute Gasteiger partial charge is 0.338 e. The zero-order chi connectivity index (χ0) is 17.4. The summed E-state index contributed by atoms with van der Waals surface area (Å²) in [5, 5.41) is 3.38. The van der Waals surface area contributed by atoms with Gasteiger partial charge in [0, 0.05) is 25.7 Å². The van der Waals surface area contributed by atoms with E-state index in [4.69, 9.17) is 4.98 Å². The average Bonchev–Trinajstić information content (AvgIpc) is 3.18. The molecular formula is C18H21N5OS. The predicted molar refractivity (Wildman–Crippen MR) is 99.6 cm³/mol. The topological polar surface area (TPSA) is 63.1 Å². The van der Waals surface area contributed by atoms with Gasteiger partial charge in [-0.1, -0.05) is 12.1 Å². The monoisotopic (exact) mass is 355 g/mol. The average molecular weight is 355 g/mol. The predicted octanol–water partition coefficient (Wildman–Crippen LogP) is 2.29. The van der Waals surface area contributed by atoms with Gasteiger partial charge in [-0.25, -0.2) is 9.97 Å². The van der Waals surface area contributed by atoms with Crippen LogP contribution in [0.4, 0.5) is 0 Å². The van der Waals surface area contributed by atoms with E-state index in [9.17, 15) is 4.79 Å². The first kappa shape index (κ1) is 16.2. The number of thiazole rings is 1. The first-order valence-electron chi connectivity index (χ1n) is 8.50. The van der Waals surface area contributed by atoms with Crippen molar-refractivity contribution in [1.29, 1.82) is 0 Å². The number of rotatable bonds is 3. The molecule has 0 unspecified atom stereocenters. The number of hydrogen-bond acceptors (Lipinski definition) is 5. The molecule has 3 aromatic rings. The van der Waals surface area contributed by atoms with E-state index in [1.165, 1.54) is 0 Å². The quantitative estimate of drug-likeness (QED) is 0.783. The highest BCUT2D eigenvalue weighted by Gasteiger charge is 2.23. The van der Waals surface area contributed by atoms with E-state index in [0.717, 1.165) is 47.1 Å². The molecule has 0 saturated carbocycles. The van der Waals surface area contributed by atoms with Crippen molar-refractivity contribution in [1.82, 2.24) is 24.8 Å². The van der Waals surface area contributed by atoms with Gasteiger partial charge < -0.3 is 14.8 Å². The van der Waals surface area contributed by atoms with Crippen molar-refractivity contribution in [2.45, 2.75) is 26.4 Å². The maximum Gasteiger partial charge on any atom is 0.242 e. The summed E-state index contributed by atoms with van der Waals surface area (Å²) in [6.45, 7) is 6.75. The minimum atomic E-state index is 0.139. The zero-order valence-electron chi connectivity index (χ0n) is 14.4. The lowest BCUT2D eigenvalue weighted by Crippen LogP contribution is -2.52. The molecule has 1 saturated heterocycles. The highest BCUT2D eigenvalue weighted by molar-refractivity contribution is 7.13. The summed E-state index contributed by atoms with van der Waals surface area (Å²) in [5.41, 5.74) is 4.67. The number of amides is 1. The van der Waals surface area contributed by atoms with Gasteiger partial charge >= 0.3 is 0 Å². The molecule has 130 valence electrons. The molecule has 6 nitrogen and oxygen atoms in total. The third-order valence-corrected chi connectivity index (χ3v) is 5.54. The minimum Gasteiger partial charge on any atom is -0.338 e. The summed E-state index contributed by atoms with van der Waals surface area (Å²) >= 11 is 1.57. The van der Waals surface area contributed by atoms with Gasteiger partial charge in [0.25, 0.3) is 0 Å². The van der Waals surface area contributed by atoms with Crippen molar-refractivity contribution in [3.8, 4) is 10.7 Å². The van der Waals surface area contributed by atoms with Crippen LogP contribution < -0.4 is 5.32 Å². The molecule has 2 aromatic heterocycles. The molecule has 1 aliphatic heterocycles. The molecule has 1 atom stereocenters. The van der Waals surface area contributed by atoms with Crippen LogP contribution in [0.3, 0.4) is 0 Å². The number of aryl methyl sites for hydroxylation is 1. The fourth-order valence-electron chi connectivity index (χ4n) is 3.32. The number of piperazine rings is 1. The normalized spacial score (nSPS) is 18.0. The molecule has 7 heteroatoms. The minimum absolute atomic E-state index is 0.139. The van der Waals surface area contributed by atoms with E-state index in [1.54, 1.807) is 11.3 Å². The van der Waals surface area contributed by atoms with Crippen LogP contribution in [-0.2, 0) is 11.3 Å². The molecule has 25 heavy (non-hydrogen) atoms. The summed E-state index contributed by atoms with van der Waals surface area (Å²) in [4.78, 5) is 25.0. The second-order valence-electron chi connectivity index (χ2n) is 6.47. The third kappa shape index (κ3) is 3.05. The Morgan fingerprint density at radius 3 is 3.00 bits per heavy atom. The fourth-order valence-corrected chi connectivity index (χ4v) is 4.12. The standard InChI is InChI=1S/C18H21N5OS/c1-12-9-22(8-7-19-12)16(24)10-23-15-6-4-3-5-14(15)21-18(23)17-13(2)20-11-25-17/h3-6,11-12,19H,7-10H2,1-2H3/t12-/m0/s1. The lowest BCUT2D eigenvalue weighted by Gasteiger charge is -2.32. The summed E-state index contributed by atoms with van der Waals surface area (Å²) in [7, 11) is 0. The number of benzene rings is 1. The first-order chi connectivity index (χ1) is 12.1. The molecule has 0 aliphatic carbocycles. The van der Waals surface area contributed by atoms with E-state index in [-0.39, 0.29) is 5.91 Å². The third-order valence-electron chi connectivity index (χ3n) is 4.62. The number of aromatic nitrogens is 3. The number of nitrogens with zero attached hydrogens (tertiary/aromatic N) is 4. The Balaban J connectivity index is 1.73. The molecule has 3 heterocycles. The first-order valence-corrected chi connectivity index (χ1v) is 9.38. The van der Waals surface area contributed by atoms with Crippen LogP contribution in [0.5, 0.6) is 0 Å². The zero-order valence-corrected chi connectivity index (χ0v) is 15.2. The number of nitrogens with one attached hydrogen (secondary N) is 1. The van der Waals surface area contributed by atoms with Gasteiger partial charge in [0.15, 0.2) is 5.82 Å². The van der Waals surface area contributed by atoms with Crippen LogP contribution in [0.25, 0.3) is 21.7 Å². The number of hydrogen-bond donors (Lipinski definition) is 1. The second kappa shape index (κ2) is 6.57. The summed E-state index contributed by atoms with van der Waals surface area (Å²) < 4.78 is 2.03. The van der Waals surface area contributed by atoms with E-state index in [2.05, 4.69) is 17.2 Å². The number of carbonyl (C=O) groups is 1. The van der Waals surface area contributed by atoms with Crippen molar-refractivity contribution in [2.75, 3.05) is 19.6 Å². The summed E-state index contributed by atoms with van der Waals surface area (Å²) in [6, 6.07) is 8.31. The van der Waals surface area contributed by atoms with Gasteiger partial charge in [-0.2, -0.15) is 0 Å². The van der Waals surface area contributed by atoms with Gasteiger partial charge in [0.2, 0.25) is 5.91 Å². The summed E-state index contributed by atoms with van der Waals surface area (Å²) in [5.74, 6) is 0.970. The van der Waals surface area contributed by atoms with Crippen molar-refractivity contribution in [3.05, 3.63) is 35.5 Å². The molecule has 0 radical (unpaired) electrons. The van der Waals surface area contributed by atoms with Crippen molar-refractivity contribution < 1.29 is 4.79 Å². The molecule has 1 aromatic carbocycles.